The fourth-order valence-corrected chi connectivity index (χ4v) is 3.64. The van der Waals surface area contributed by atoms with Crippen molar-refractivity contribution in [2.75, 3.05) is 31.1 Å². The molecule has 1 aliphatic heterocycles. The van der Waals surface area contributed by atoms with E-state index in [2.05, 4.69) is 53.2 Å². The van der Waals surface area contributed by atoms with Crippen molar-refractivity contribution in [3.05, 3.63) is 71.3 Å². The van der Waals surface area contributed by atoms with Crippen LogP contribution in [0.2, 0.25) is 0 Å². The Morgan fingerprint density at radius 1 is 0.929 bits per heavy atom. The van der Waals surface area contributed by atoms with E-state index in [9.17, 15) is 4.79 Å². The van der Waals surface area contributed by atoms with Gasteiger partial charge >= 0.3 is 0 Å². The number of aryl methyl sites for hydroxylation is 2. The number of benzene rings is 2. The van der Waals surface area contributed by atoms with E-state index in [0.29, 0.717) is 6.54 Å². The van der Waals surface area contributed by atoms with E-state index in [1.165, 1.54) is 11.1 Å². The van der Waals surface area contributed by atoms with Gasteiger partial charge in [-0.15, -0.1) is 0 Å². The van der Waals surface area contributed by atoms with Gasteiger partial charge in [0.25, 0.3) is 5.91 Å². The number of hydrogen-bond acceptors (Lipinski definition) is 3. The number of carbonyl (C=O) groups excluding carboxylic acids is 1. The molecule has 0 saturated carbocycles. The highest BCUT2D eigenvalue weighted by Gasteiger charge is 2.21. The van der Waals surface area contributed by atoms with Crippen LogP contribution in [0.4, 0.5) is 5.82 Å². The third-order valence-corrected chi connectivity index (χ3v) is 5.51. The van der Waals surface area contributed by atoms with Crippen LogP contribution in [-0.4, -0.2) is 47.2 Å². The quantitative estimate of drug-likeness (QED) is 0.753. The van der Waals surface area contributed by atoms with E-state index in [4.69, 9.17) is 0 Å². The van der Waals surface area contributed by atoms with Gasteiger partial charge in [-0.25, -0.2) is 0 Å². The number of amides is 1. The van der Waals surface area contributed by atoms with Gasteiger partial charge in [0, 0.05) is 37.8 Å². The topological polar surface area (TPSA) is 52.2 Å². The second kappa shape index (κ2) is 7.89. The lowest BCUT2D eigenvalue weighted by atomic mass is 10.0. The van der Waals surface area contributed by atoms with Crippen LogP contribution in [-0.2, 0) is 0 Å². The number of rotatable bonds is 3. The minimum atomic E-state index is 0.111. The molecule has 4 rings (SSSR count). The maximum atomic E-state index is 12.7. The molecule has 0 spiro atoms. The van der Waals surface area contributed by atoms with Crippen LogP contribution in [0.25, 0.3) is 11.3 Å². The van der Waals surface area contributed by atoms with Crippen LogP contribution in [0, 0.1) is 13.8 Å². The molecule has 0 bridgehead atoms. The molecule has 1 N–H and O–H groups in total. The normalized spacial score (nSPS) is 14.8. The molecule has 1 saturated heterocycles. The number of anilines is 1. The van der Waals surface area contributed by atoms with Gasteiger partial charge in [-0.1, -0.05) is 30.3 Å². The molecule has 3 aromatic rings. The summed E-state index contributed by atoms with van der Waals surface area (Å²) >= 11 is 0. The number of hydrogen-bond donors (Lipinski definition) is 1. The van der Waals surface area contributed by atoms with Gasteiger partial charge in [0.15, 0.2) is 5.82 Å². The van der Waals surface area contributed by atoms with Gasteiger partial charge in [-0.3, -0.25) is 9.89 Å². The smallest absolute Gasteiger partial charge is 0.253 e. The number of aromatic nitrogens is 2. The molecule has 1 amide bonds. The highest BCUT2D eigenvalue weighted by atomic mass is 16.2. The number of carbonyl (C=O) groups is 1. The van der Waals surface area contributed by atoms with Crippen LogP contribution in [0.1, 0.15) is 27.9 Å². The Hall–Kier alpha value is -3.08. The molecule has 0 aliphatic carbocycles. The summed E-state index contributed by atoms with van der Waals surface area (Å²) in [7, 11) is 0. The summed E-state index contributed by atoms with van der Waals surface area (Å²) in [5.74, 6) is 1.06. The largest absolute Gasteiger partial charge is 0.353 e. The minimum Gasteiger partial charge on any atom is -0.353 e. The van der Waals surface area contributed by atoms with Crippen molar-refractivity contribution in [2.45, 2.75) is 20.3 Å². The second-order valence-corrected chi connectivity index (χ2v) is 7.44. The predicted octanol–water partition coefficient (Wildman–Crippen LogP) is 4.05. The molecule has 28 heavy (non-hydrogen) atoms. The number of nitrogens with zero attached hydrogens (tertiary/aromatic N) is 3. The first kappa shape index (κ1) is 18.3. The third kappa shape index (κ3) is 3.79. The summed E-state index contributed by atoms with van der Waals surface area (Å²) in [4.78, 5) is 16.9. The first-order valence-electron chi connectivity index (χ1n) is 9.84. The van der Waals surface area contributed by atoms with Crippen LogP contribution in [0.3, 0.4) is 0 Å². The minimum absolute atomic E-state index is 0.111. The van der Waals surface area contributed by atoms with Crippen LogP contribution in [0.5, 0.6) is 0 Å². The summed E-state index contributed by atoms with van der Waals surface area (Å²) in [5, 5.41) is 7.71. The molecular weight excluding hydrogens is 348 g/mol. The standard InChI is InChI=1S/C23H26N4O/c1-17-9-10-20(15-18(17)2)21-16-22(25-24-21)26-11-6-12-27(14-13-26)23(28)19-7-4-3-5-8-19/h3-5,7-10,15-16H,6,11-14H2,1-2H3,(H,24,25). The lowest BCUT2D eigenvalue weighted by Gasteiger charge is -2.22. The fraction of sp³-hybridized carbons (Fsp3) is 0.304. The lowest BCUT2D eigenvalue weighted by Crippen LogP contribution is -2.35. The van der Waals surface area contributed by atoms with E-state index < -0.39 is 0 Å². The molecule has 1 fully saturated rings. The van der Waals surface area contributed by atoms with Gasteiger partial charge in [-0.05, 0) is 55.2 Å². The van der Waals surface area contributed by atoms with Gasteiger partial charge < -0.3 is 9.80 Å². The molecule has 144 valence electrons. The van der Waals surface area contributed by atoms with E-state index in [0.717, 1.165) is 48.7 Å². The molecule has 0 radical (unpaired) electrons. The zero-order valence-electron chi connectivity index (χ0n) is 16.5. The van der Waals surface area contributed by atoms with Crippen molar-refractivity contribution in [1.29, 1.82) is 0 Å². The summed E-state index contributed by atoms with van der Waals surface area (Å²) in [5.41, 5.74) is 5.50. The van der Waals surface area contributed by atoms with Crippen LogP contribution >= 0.6 is 0 Å². The summed E-state index contributed by atoms with van der Waals surface area (Å²) in [6, 6.07) is 18.1. The van der Waals surface area contributed by atoms with Crippen LogP contribution in [0.15, 0.2) is 54.6 Å². The predicted molar refractivity (Wildman–Crippen MR) is 113 cm³/mol. The molecule has 2 aromatic carbocycles. The molecule has 0 atom stereocenters. The number of aromatic amines is 1. The first-order chi connectivity index (χ1) is 13.6. The molecule has 1 aliphatic rings. The summed E-state index contributed by atoms with van der Waals surface area (Å²) < 4.78 is 0. The average Bonchev–Trinajstić information content (AvgIpc) is 3.08. The monoisotopic (exact) mass is 374 g/mol. The van der Waals surface area contributed by atoms with Crippen LogP contribution < -0.4 is 4.90 Å². The fourth-order valence-electron chi connectivity index (χ4n) is 3.64. The molecule has 2 heterocycles. The zero-order valence-corrected chi connectivity index (χ0v) is 16.5. The van der Waals surface area contributed by atoms with Gasteiger partial charge in [-0.2, -0.15) is 5.10 Å². The molecular formula is C23H26N4O. The van der Waals surface area contributed by atoms with Crippen molar-refractivity contribution in [1.82, 2.24) is 15.1 Å². The maximum absolute atomic E-state index is 12.7. The second-order valence-electron chi connectivity index (χ2n) is 7.44. The number of H-pyrrole nitrogens is 1. The summed E-state index contributed by atoms with van der Waals surface area (Å²) in [6.45, 7) is 7.42. The van der Waals surface area contributed by atoms with Crippen molar-refractivity contribution < 1.29 is 4.79 Å². The van der Waals surface area contributed by atoms with E-state index >= 15 is 0 Å². The van der Waals surface area contributed by atoms with Crippen molar-refractivity contribution in [2.24, 2.45) is 0 Å². The summed E-state index contributed by atoms with van der Waals surface area (Å²) in [6.07, 6.45) is 0.935. The Bertz CT molecular complexity index is 964. The highest BCUT2D eigenvalue weighted by Crippen LogP contribution is 2.24. The van der Waals surface area contributed by atoms with Crippen molar-refractivity contribution in [3.8, 4) is 11.3 Å². The maximum Gasteiger partial charge on any atom is 0.253 e. The third-order valence-electron chi connectivity index (χ3n) is 5.51. The first-order valence-corrected chi connectivity index (χ1v) is 9.84. The Balaban J connectivity index is 1.45. The lowest BCUT2D eigenvalue weighted by molar-refractivity contribution is 0.0767. The van der Waals surface area contributed by atoms with E-state index in [-0.39, 0.29) is 5.91 Å². The molecule has 0 unspecified atom stereocenters. The molecule has 5 nitrogen and oxygen atoms in total. The van der Waals surface area contributed by atoms with Crippen molar-refractivity contribution >= 4 is 11.7 Å². The van der Waals surface area contributed by atoms with Gasteiger partial charge in [0.1, 0.15) is 0 Å². The average molecular weight is 374 g/mol. The van der Waals surface area contributed by atoms with Gasteiger partial charge in [0.2, 0.25) is 0 Å². The van der Waals surface area contributed by atoms with Gasteiger partial charge in [0.05, 0.1) is 5.69 Å². The van der Waals surface area contributed by atoms with E-state index in [1.54, 1.807) is 0 Å². The zero-order chi connectivity index (χ0) is 19.5. The SMILES string of the molecule is Cc1ccc(-c2cc(N3CCCN(C(=O)c4ccccc4)CC3)n[nH]2)cc1C. The molecule has 1 aromatic heterocycles. The Labute approximate surface area is 166 Å². The van der Waals surface area contributed by atoms with Crippen molar-refractivity contribution in [3.63, 3.8) is 0 Å². The highest BCUT2D eigenvalue weighted by molar-refractivity contribution is 5.94. The molecule has 5 heteroatoms. The number of nitrogens with one attached hydrogen (secondary N) is 1. The Kier molecular flexibility index (Phi) is 5.15. The van der Waals surface area contributed by atoms with E-state index in [1.807, 2.05) is 35.2 Å². The Morgan fingerprint density at radius 3 is 2.54 bits per heavy atom. The Morgan fingerprint density at radius 2 is 1.75 bits per heavy atom.